The Morgan fingerprint density at radius 3 is 2.50 bits per heavy atom. The normalized spacial score (nSPS) is 15.5. The highest BCUT2D eigenvalue weighted by molar-refractivity contribution is 5.94. The molecule has 6 nitrogen and oxygen atoms in total. The standard InChI is InChI=1S/C18H20N2O4/c1-13-11-15(21)17(22)16(24-13)12-19-7-9-20(10-8-19)18(23)14-5-3-2-4-6-14/h2-6,11,22H,7-10,12H2,1H3. The second kappa shape index (κ2) is 6.88. The molecule has 1 saturated heterocycles. The Morgan fingerprint density at radius 2 is 1.83 bits per heavy atom. The van der Waals surface area contributed by atoms with Gasteiger partial charge in [-0.1, -0.05) is 18.2 Å². The Labute approximate surface area is 139 Å². The number of nitrogens with zero attached hydrogens (tertiary/aromatic N) is 2. The molecule has 24 heavy (non-hydrogen) atoms. The van der Waals surface area contributed by atoms with Crippen LogP contribution in [-0.4, -0.2) is 47.0 Å². The number of piperazine rings is 1. The van der Waals surface area contributed by atoms with Crippen LogP contribution in [0.3, 0.4) is 0 Å². The molecule has 0 unspecified atom stereocenters. The molecule has 2 aromatic rings. The van der Waals surface area contributed by atoms with Crippen LogP contribution < -0.4 is 5.43 Å². The van der Waals surface area contributed by atoms with Gasteiger partial charge in [-0.15, -0.1) is 0 Å². The minimum Gasteiger partial charge on any atom is -0.502 e. The Bertz CT molecular complexity index is 777. The molecule has 0 spiro atoms. The number of amides is 1. The van der Waals surface area contributed by atoms with Crippen molar-refractivity contribution in [2.45, 2.75) is 13.5 Å². The topological polar surface area (TPSA) is 74.0 Å². The maximum absolute atomic E-state index is 12.4. The van der Waals surface area contributed by atoms with Crippen molar-refractivity contribution in [3.05, 3.63) is 63.7 Å². The van der Waals surface area contributed by atoms with Gasteiger partial charge in [0.05, 0.1) is 6.54 Å². The number of rotatable bonds is 3. The lowest BCUT2D eigenvalue weighted by Gasteiger charge is -2.34. The third kappa shape index (κ3) is 3.49. The van der Waals surface area contributed by atoms with E-state index in [0.717, 1.165) is 0 Å². The summed E-state index contributed by atoms with van der Waals surface area (Å²) in [6.45, 7) is 4.57. The second-order valence-electron chi connectivity index (χ2n) is 5.93. The van der Waals surface area contributed by atoms with E-state index in [0.29, 0.717) is 44.0 Å². The van der Waals surface area contributed by atoms with E-state index in [2.05, 4.69) is 4.90 Å². The van der Waals surface area contributed by atoms with Gasteiger partial charge in [-0.05, 0) is 19.1 Å². The summed E-state index contributed by atoms with van der Waals surface area (Å²) in [5.74, 6) is 0.456. The molecular weight excluding hydrogens is 308 g/mol. The molecule has 1 aromatic carbocycles. The summed E-state index contributed by atoms with van der Waals surface area (Å²) in [5.41, 5.74) is 0.264. The molecule has 2 heterocycles. The fourth-order valence-electron chi connectivity index (χ4n) is 2.85. The summed E-state index contributed by atoms with van der Waals surface area (Å²) in [5, 5.41) is 9.84. The Kier molecular flexibility index (Phi) is 4.66. The number of carbonyl (C=O) groups excluding carboxylic acids is 1. The van der Waals surface area contributed by atoms with Crippen molar-refractivity contribution in [2.75, 3.05) is 26.2 Å². The molecule has 1 fully saturated rings. The van der Waals surface area contributed by atoms with Crippen molar-refractivity contribution in [1.82, 2.24) is 9.80 Å². The van der Waals surface area contributed by atoms with Crippen LogP contribution in [-0.2, 0) is 6.54 Å². The van der Waals surface area contributed by atoms with Crippen molar-refractivity contribution in [3.8, 4) is 5.75 Å². The average molecular weight is 328 g/mol. The molecule has 1 N–H and O–H groups in total. The first kappa shape index (κ1) is 16.3. The van der Waals surface area contributed by atoms with Crippen molar-refractivity contribution in [1.29, 1.82) is 0 Å². The molecule has 3 rings (SSSR count). The molecule has 1 aliphatic rings. The van der Waals surface area contributed by atoms with Gasteiger partial charge >= 0.3 is 0 Å². The SMILES string of the molecule is Cc1cc(=O)c(O)c(CN2CCN(C(=O)c3ccccc3)CC2)o1. The summed E-state index contributed by atoms with van der Waals surface area (Å²) in [6, 6.07) is 10.5. The minimum atomic E-state index is -0.424. The Morgan fingerprint density at radius 1 is 1.17 bits per heavy atom. The molecule has 0 atom stereocenters. The molecule has 1 amide bonds. The van der Waals surface area contributed by atoms with Gasteiger partial charge in [0.15, 0.2) is 5.76 Å². The predicted octanol–water partition coefficient (Wildman–Crippen LogP) is 1.61. The largest absolute Gasteiger partial charge is 0.502 e. The van der Waals surface area contributed by atoms with Gasteiger partial charge < -0.3 is 14.4 Å². The van der Waals surface area contributed by atoms with E-state index >= 15 is 0 Å². The number of hydrogen-bond acceptors (Lipinski definition) is 5. The van der Waals surface area contributed by atoms with Crippen LogP contribution in [0, 0.1) is 6.92 Å². The molecular formula is C18H20N2O4. The van der Waals surface area contributed by atoms with Crippen LogP contribution in [0.4, 0.5) is 0 Å². The van der Waals surface area contributed by atoms with E-state index in [1.807, 2.05) is 35.2 Å². The lowest BCUT2D eigenvalue weighted by molar-refractivity contribution is 0.0617. The first-order chi connectivity index (χ1) is 11.5. The molecule has 1 aliphatic heterocycles. The lowest BCUT2D eigenvalue weighted by atomic mass is 10.2. The summed E-state index contributed by atoms with van der Waals surface area (Å²) in [4.78, 5) is 27.9. The fourth-order valence-corrected chi connectivity index (χ4v) is 2.85. The van der Waals surface area contributed by atoms with E-state index in [-0.39, 0.29) is 17.4 Å². The third-order valence-electron chi connectivity index (χ3n) is 4.16. The van der Waals surface area contributed by atoms with Crippen molar-refractivity contribution in [2.24, 2.45) is 0 Å². The minimum absolute atomic E-state index is 0.0279. The first-order valence-electron chi connectivity index (χ1n) is 7.94. The molecule has 0 bridgehead atoms. The zero-order valence-corrected chi connectivity index (χ0v) is 13.6. The number of benzene rings is 1. The molecule has 6 heteroatoms. The van der Waals surface area contributed by atoms with Crippen LogP contribution in [0.25, 0.3) is 0 Å². The average Bonchev–Trinajstić information content (AvgIpc) is 2.60. The molecule has 0 aliphatic carbocycles. The van der Waals surface area contributed by atoms with Crippen molar-refractivity contribution < 1.29 is 14.3 Å². The van der Waals surface area contributed by atoms with Crippen LogP contribution in [0.2, 0.25) is 0 Å². The second-order valence-corrected chi connectivity index (χ2v) is 5.93. The fraction of sp³-hybridized carbons (Fsp3) is 0.333. The monoisotopic (exact) mass is 328 g/mol. The highest BCUT2D eigenvalue weighted by atomic mass is 16.4. The van der Waals surface area contributed by atoms with E-state index in [1.165, 1.54) is 6.07 Å². The van der Waals surface area contributed by atoms with E-state index in [4.69, 9.17) is 4.42 Å². The van der Waals surface area contributed by atoms with Gasteiger partial charge in [0, 0.05) is 37.8 Å². The van der Waals surface area contributed by atoms with Crippen LogP contribution >= 0.6 is 0 Å². The van der Waals surface area contributed by atoms with Crippen molar-refractivity contribution in [3.63, 3.8) is 0 Å². The maximum atomic E-state index is 12.4. The molecule has 126 valence electrons. The zero-order valence-electron chi connectivity index (χ0n) is 13.6. The van der Waals surface area contributed by atoms with E-state index < -0.39 is 5.43 Å². The highest BCUT2D eigenvalue weighted by Crippen LogP contribution is 2.17. The number of aryl methyl sites for hydroxylation is 1. The molecule has 0 radical (unpaired) electrons. The van der Waals surface area contributed by atoms with Gasteiger partial charge in [-0.2, -0.15) is 0 Å². The number of hydrogen-bond donors (Lipinski definition) is 1. The lowest BCUT2D eigenvalue weighted by Crippen LogP contribution is -2.48. The summed E-state index contributed by atoms with van der Waals surface area (Å²) in [6.07, 6.45) is 0. The van der Waals surface area contributed by atoms with Crippen LogP contribution in [0.1, 0.15) is 21.9 Å². The van der Waals surface area contributed by atoms with Crippen molar-refractivity contribution >= 4 is 5.91 Å². The number of carbonyl (C=O) groups is 1. The summed E-state index contributed by atoms with van der Waals surface area (Å²) in [7, 11) is 0. The van der Waals surface area contributed by atoms with Gasteiger partial charge in [0.2, 0.25) is 11.2 Å². The first-order valence-corrected chi connectivity index (χ1v) is 7.94. The predicted molar refractivity (Wildman–Crippen MR) is 89.0 cm³/mol. The maximum Gasteiger partial charge on any atom is 0.253 e. The van der Waals surface area contributed by atoms with Gasteiger partial charge in [0.25, 0.3) is 5.91 Å². The van der Waals surface area contributed by atoms with E-state index in [9.17, 15) is 14.7 Å². The summed E-state index contributed by atoms with van der Waals surface area (Å²) < 4.78 is 5.46. The Balaban J connectivity index is 1.62. The number of aromatic hydroxyl groups is 1. The van der Waals surface area contributed by atoms with Crippen LogP contribution in [0.5, 0.6) is 5.75 Å². The van der Waals surface area contributed by atoms with E-state index in [1.54, 1.807) is 6.92 Å². The van der Waals surface area contributed by atoms with Gasteiger partial charge in [-0.25, -0.2) is 0 Å². The zero-order chi connectivity index (χ0) is 17.1. The van der Waals surface area contributed by atoms with Gasteiger partial charge in [0.1, 0.15) is 5.76 Å². The highest BCUT2D eigenvalue weighted by Gasteiger charge is 2.23. The third-order valence-corrected chi connectivity index (χ3v) is 4.16. The van der Waals surface area contributed by atoms with Crippen LogP contribution in [0.15, 0.2) is 45.6 Å². The smallest absolute Gasteiger partial charge is 0.253 e. The Hall–Kier alpha value is -2.60. The molecule has 0 saturated carbocycles. The van der Waals surface area contributed by atoms with Gasteiger partial charge in [-0.3, -0.25) is 14.5 Å². The summed E-state index contributed by atoms with van der Waals surface area (Å²) >= 11 is 0. The quantitative estimate of drug-likeness (QED) is 0.927. The molecule has 1 aromatic heterocycles.